The molecule has 0 N–H and O–H groups in total. The maximum atomic E-state index is 12.4. The van der Waals surface area contributed by atoms with Crippen molar-refractivity contribution in [2.45, 2.75) is 11.8 Å². The molecular weight excluding hydrogens is 290 g/mol. The molecule has 0 aliphatic carbocycles. The van der Waals surface area contributed by atoms with Crippen LogP contribution in [0.1, 0.15) is 17.7 Å². The zero-order valence-electron chi connectivity index (χ0n) is 8.11. The molecule has 1 aromatic heterocycles. The minimum atomic E-state index is -2.88. The maximum absolute atomic E-state index is 12.4. The number of methoxy groups -OCH3 is 1. The molecule has 0 fully saturated rings. The van der Waals surface area contributed by atoms with Crippen LogP contribution in [-0.2, 0) is 5.33 Å². The first-order chi connectivity index (χ1) is 7.51. The Balaban J connectivity index is 3.43. The van der Waals surface area contributed by atoms with E-state index in [9.17, 15) is 18.9 Å². The number of pyridine rings is 1. The first kappa shape index (κ1) is 12.8. The van der Waals surface area contributed by atoms with Crippen molar-refractivity contribution in [2.75, 3.05) is 7.11 Å². The Kier molecular flexibility index (Phi) is 4.11. The molecular formula is C8H7BrF2N2O3. The van der Waals surface area contributed by atoms with E-state index in [-0.39, 0.29) is 16.8 Å². The van der Waals surface area contributed by atoms with Gasteiger partial charge in [-0.3, -0.25) is 10.1 Å². The van der Waals surface area contributed by atoms with Crippen LogP contribution in [-0.4, -0.2) is 17.0 Å². The van der Waals surface area contributed by atoms with E-state index in [1.165, 1.54) is 7.11 Å². The Bertz CT molecular complexity index is 415. The Hall–Kier alpha value is -1.31. The molecule has 0 radical (unpaired) electrons. The SMILES string of the molecule is COc1nc(C(F)F)cc([N+](=O)[O-])c1CBr. The topological polar surface area (TPSA) is 65.3 Å². The summed E-state index contributed by atoms with van der Waals surface area (Å²) in [5, 5.41) is 10.8. The first-order valence-corrected chi connectivity index (χ1v) is 5.19. The number of halogens is 3. The highest BCUT2D eigenvalue weighted by molar-refractivity contribution is 9.08. The minimum absolute atomic E-state index is 0.100. The van der Waals surface area contributed by atoms with Gasteiger partial charge in [-0.05, 0) is 0 Å². The van der Waals surface area contributed by atoms with Crippen LogP contribution in [0.5, 0.6) is 5.88 Å². The fourth-order valence-electron chi connectivity index (χ4n) is 1.12. The Labute approximate surface area is 97.7 Å². The molecule has 0 amide bonds. The van der Waals surface area contributed by atoms with Crippen molar-refractivity contribution in [3.63, 3.8) is 0 Å². The van der Waals surface area contributed by atoms with Gasteiger partial charge in [-0.1, -0.05) is 15.9 Å². The van der Waals surface area contributed by atoms with Gasteiger partial charge in [0.1, 0.15) is 11.3 Å². The summed E-state index contributed by atoms with van der Waals surface area (Å²) in [5.41, 5.74) is -0.968. The second-order valence-corrected chi connectivity index (χ2v) is 3.31. The summed E-state index contributed by atoms with van der Waals surface area (Å²) >= 11 is 3.02. The van der Waals surface area contributed by atoms with E-state index in [0.29, 0.717) is 0 Å². The third-order valence-electron chi connectivity index (χ3n) is 1.83. The van der Waals surface area contributed by atoms with Gasteiger partial charge in [-0.2, -0.15) is 0 Å². The van der Waals surface area contributed by atoms with Crippen molar-refractivity contribution in [2.24, 2.45) is 0 Å². The molecule has 0 saturated carbocycles. The van der Waals surface area contributed by atoms with E-state index < -0.39 is 22.7 Å². The smallest absolute Gasteiger partial charge is 0.280 e. The Morgan fingerprint density at radius 1 is 1.69 bits per heavy atom. The number of ether oxygens (including phenoxy) is 1. The zero-order chi connectivity index (χ0) is 12.3. The lowest BCUT2D eigenvalue weighted by atomic mass is 10.2. The molecule has 1 aromatic rings. The summed E-state index contributed by atoms with van der Waals surface area (Å²) in [4.78, 5) is 13.4. The number of hydrogen-bond acceptors (Lipinski definition) is 4. The van der Waals surface area contributed by atoms with E-state index in [4.69, 9.17) is 4.74 Å². The largest absolute Gasteiger partial charge is 0.481 e. The van der Waals surface area contributed by atoms with Crippen LogP contribution in [0.25, 0.3) is 0 Å². The molecule has 0 atom stereocenters. The van der Waals surface area contributed by atoms with Gasteiger partial charge in [0, 0.05) is 11.4 Å². The average molecular weight is 297 g/mol. The summed E-state index contributed by atoms with van der Waals surface area (Å²) < 4.78 is 29.6. The van der Waals surface area contributed by atoms with E-state index in [0.717, 1.165) is 6.07 Å². The van der Waals surface area contributed by atoms with Gasteiger partial charge in [0.05, 0.1) is 12.0 Å². The van der Waals surface area contributed by atoms with Crippen molar-refractivity contribution < 1.29 is 18.4 Å². The summed E-state index contributed by atoms with van der Waals surface area (Å²) in [5.74, 6) is -0.165. The van der Waals surface area contributed by atoms with Crippen LogP contribution in [0.3, 0.4) is 0 Å². The molecule has 88 valence electrons. The molecule has 0 unspecified atom stereocenters. The minimum Gasteiger partial charge on any atom is -0.481 e. The standard InChI is InChI=1S/C8H7BrF2N2O3/c1-16-8-4(3-9)6(13(14)15)2-5(12-8)7(10)11/h2,7H,3H2,1H3. The lowest BCUT2D eigenvalue weighted by molar-refractivity contribution is -0.385. The van der Waals surface area contributed by atoms with E-state index >= 15 is 0 Å². The van der Waals surface area contributed by atoms with Gasteiger partial charge in [-0.25, -0.2) is 13.8 Å². The number of aromatic nitrogens is 1. The van der Waals surface area contributed by atoms with E-state index in [1.807, 2.05) is 0 Å². The van der Waals surface area contributed by atoms with Crippen LogP contribution in [0.15, 0.2) is 6.07 Å². The fourth-order valence-corrected chi connectivity index (χ4v) is 1.65. The summed E-state index contributed by atoms with van der Waals surface area (Å²) in [6.45, 7) is 0. The highest BCUT2D eigenvalue weighted by atomic mass is 79.9. The first-order valence-electron chi connectivity index (χ1n) is 4.07. The predicted octanol–water partition coefficient (Wildman–Crippen LogP) is 2.83. The van der Waals surface area contributed by atoms with Crippen molar-refractivity contribution in [1.82, 2.24) is 4.98 Å². The van der Waals surface area contributed by atoms with Gasteiger partial charge >= 0.3 is 0 Å². The van der Waals surface area contributed by atoms with Crippen molar-refractivity contribution in [3.8, 4) is 5.88 Å². The molecule has 5 nitrogen and oxygen atoms in total. The molecule has 0 saturated heterocycles. The molecule has 0 bridgehead atoms. The highest BCUT2D eigenvalue weighted by Crippen LogP contribution is 2.32. The normalized spacial score (nSPS) is 10.6. The summed E-state index contributed by atoms with van der Waals surface area (Å²) in [7, 11) is 1.22. The molecule has 1 heterocycles. The molecule has 0 aromatic carbocycles. The quantitative estimate of drug-likeness (QED) is 0.487. The molecule has 8 heteroatoms. The number of nitro groups is 1. The molecule has 1 rings (SSSR count). The number of hydrogen-bond donors (Lipinski definition) is 0. The third-order valence-corrected chi connectivity index (χ3v) is 2.39. The monoisotopic (exact) mass is 296 g/mol. The lowest BCUT2D eigenvalue weighted by Crippen LogP contribution is -2.03. The molecule has 16 heavy (non-hydrogen) atoms. The lowest BCUT2D eigenvalue weighted by Gasteiger charge is -2.08. The second-order valence-electron chi connectivity index (χ2n) is 2.75. The average Bonchev–Trinajstić information content (AvgIpc) is 2.26. The molecule has 0 aliphatic heterocycles. The van der Waals surface area contributed by atoms with E-state index in [1.54, 1.807) is 0 Å². The number of alkyl halides is 3. The van der Waals surface area contributed by atoms with Gasteiger partial charge in [-0.15, -0.1) is 0 Å². The van der Waals surface area contributed by atoms with Gasteiger partial charge in [0.2, 0.25) is 5.88 Å². The van der Waals surface area contributed by atoms with Crippen molar-refractivity contribution >= 4 is 21.6 Å². The van der Waals surface area contributed by atoms with Crippen LogP contribution >= 0.6 is 15.9 Å². The van der Waals surface area contributed by atoms with Crippen LogP contribution in [0.2, 0.25) is 0 Å². The van der Waals surface area contributed by atoms with Gasteiger partial charge in [0.15, 0.2) is 0 Å². The van der Waals surface area contributed by atoms with Crippen LogP contribution < -0.4 is 4.74 Å². The molecule has 0 spiro atoms. The van der Waals surface area contributed by atoms with Crippen molar-refractivity contribution in [1.29, 1.82) is 0 Å². The molecule has 0 aliphatic rings. The highest BCUT2D eigenvalue weighted by Gasteiger charge is 2.24. The predicted molar refractivity (Wildman–Crippen MR) is 55.0 cm³/mol. The van der Waals surface area contributed by atoms with Gasteiger partial charge < -0.3 is 4.74 Å². The number of nitrogens with zero attached hydrogens (tertiary/aromatic N) is 2. The third kappa shape index (κ3) is 2.43. The van der Waals surface area contributed by atoms with Crippen LogP contribution in [0, 0.1) is 10.1 Å². The van der Waals surface area contributed by atoms with Gasteiger partial charge in [0.25, 0.3) is 12.1 Å². The summed E-state index contributed by atoms with van der Waals surface area (Å²) in [6, 6.07) is 0.754. The second kappa shape index (κ2) is 5.15. The summed E-state index contributed by atoms with van der Waals surface area (Å²) in [6.07, 6.45) is -2.88. The van der Waals surface area contributed by atoms with Crippen LogP contribution in [0.4, 0.5) is 14.5 Å². The maximum Gasteiger partial charge on any atom is 0.280 e. The number of rotatable bonds is 4. The zero-order valence-corrected chi connectivity index (χ0v) is 9.70. The van der Waals surface area contributed by atoms with E-state index in [2.05, 4.69) is 20.9 Å². The Morgan fingerprint density at radius 2 is 2.31 bits per heavy atom. The Morgan fingerprint density at radius 3 is 2.69 bits per heavy atom. The van der Waals surface area contributed by atoms with Crippen molar-refractivity contribution in [3.05, 3.63) is 27.4 Å². The fraction of sp³-hybridized carbons (Fsp3) is 0.375.